The van der Waals surface area contributed by atoms with Crippen LogP contribution >= 0.6 is 0 Å². The van der Waals surface area contributed by atoms with Crippen LogP contribution in [-0.4, -0.2) is 54.7 Å². The molecule has 2 aliphatic heterocycles. The molecule has 1 N–H and O–H groups in total. The second kappa shape index (κ2) is 9.25. The summed E-state index contributed by atoms with van der Waals surface area (Å²) >= 11 is 0. The lowest BCUT2D eigenvalue weighted by atomic mass is 10.0. The molecule has 0 radical (unpaired) electrons. The molecule has 0 atom stereocenters. The van der Waals surface area contributed by atoms with Gasteiger partial charge in [0.25, 0.3) is 11.8 Å². The topological polar surface area (TPSA) is 96.8 Å². The predicted molar refractivity (Wildman–Crippen MR) is 132 cm³/mol. The lowest BCUT2D eigenvalue weighted by molar-refractivity contribution is -0.119. The summed E-state index contributed by atoms with van der Waals surface area (Å²) in [5.41, 5.74) is 3.50. The van der Waals surface area contributed by atoms with E-state index in [2.05, 4.69) is 10.4 Å². The van der Waals surface area contributed by atoms with Gasteiger partial charge in [0.05, 0.1) is 12.8 Å². The average molecular weight is 474 g/mol. The molecule has 0 bridgehead atoms. The first kappa shape index (κ1) is 22.6. The average Bonchev–Trinajstić information content (AvgIpc) is 3.29. The predicted octanol–water partition coefficient (Wildman–Crippen LogP) is 2.96. The van der Waals surface area contributed by atoms with Gasteiger partial charge in [0.15, 0.2) is 5.69 Å². The van der Waals surface area contributed by atoms with Crippen LogP contribution in [0, 0.1) is 0 Å². The van der Waals surface area contributed by atoms with E-state index < -0.39 is 0 Å². The van der Waals surface area contributed by atoms with Crippen LogP contribution in [-0.2, 0) is 11.2 Å². The minimum absolute atomic E-state index is 0.132. The van der Waals surface area contributed by atoms with Crippen LogP contribution in [0.4, 0.5) is 11.4 Å². The van der Waals surface area contributed by atoms with E-state index in [0.29, 0.717) is 48.6 Å². The number of fused-ring (bicyclic) bond motifs is 1. The standard InChI is InChI=1S/C26H27N5O4/c1-27-25(33)23-21-14-16-30(18-8-6-17(7-9-18)29-15-4-3-5-22(29)32)26(34)24(21)31(28-23)19-10-12-20(35-2)13-11-19/h6-13H,3-5,14-16H2,1-2H3,(H,27,33). The Kier molecular flexibility index (Phi) is 5.98. The molecule has 180 valence electrons. The molecule has 5 rings (SSSR count). The van der Waals surface area contributed by atoms with Crippen LogP contribution in [0.2, 0.25) is 0 Å². The van der Waals surface area contributed by atoms with Crippen LogP contribution in [0.5, 0.6) is 5.75 Å². The van der Waals surface area contributed by atoms with Crippen LogP contribution < -0.4 is 19.9 Å². The Hall–Kier alpha value is -4.14. The van der Waals surface area contributed by atoms with Crippen molar-refractivity contribution in [2.75, 3.05) is 37.0 Å². The van der Waals surface area contributed by atoms with Gasteiger partial charge in [0.1, 0.15) is 11.4 Å². The molecule has 0 spiro atoms. The van der Waals surface area contributed by atoms with Gasteiger partial charge in [-0.05, 0) is 67.8 Å². The fourth-order valence-corrected chi connectivity index (χ4v) is 4.71. The molecule has 35 heavy (non-hydrogen) atoms. The van der Waals surface area contributed by atoms with Gasteiger partial charge in [-0.2, -0.15) is 5.10 Å². The van der Waals surface area contributed by atoms with E-state index in [-0.39, 0.29) is 23.4 Å². The van der Waals surface area contributed by atoms with Crippen molar-refractivity contribution in [1.29, 1.82) is 0 Å². The van der Waals surface area contributed by atoms with E-state index in [0.717, 1.165) is 24.2 Å². The summed E-state index contributed by atoms with van der Waals surface area (Å²) in [7, 11) is 3.13. The first-order chi connectivity index (χ1) is 17.0. The number of carbonyl (C=O) groups is 3. The molecule has 1 aromatic heterocycles. The summed E-state index contributed by atoms with van der Waals surface area (Å²) in [4.78, 5) is 42.1. The zero-order valence-electron chi connectivity index (χ0n) is 19.8. The first-order valence-electron chi connectivity index (χ1n) is 11.7. The number of aromatic nitrogens is 2. The number of ether oxygens (including phenoxy) is 1. The summed E-state index contributed by atoms with van der Waals surface area (Å²) in [6.45, 7) is 1.14. The van der Waals surface area contributed by atoms with Gasteiger partial charge >= 0.3 is 0 Å². The number of amides is 3. The van der Waals surface area contributed by atoms with Crippen molar-refractivity contribution in [2.24, 2.45) is 0 Å². The highest BCUT2D eigenvalue weighted by Gasteiger charge is 2.35. The Labute approximate surface area is 203 Å². The van der Waals surface area contributed by atoms with E-state index in [1.165, 1.54) is 4.68 Å². The molecule has 0 aliphatic carbocycles. The molecule has 2 aliphatic rings. The van der Waals surface area contributed by atoms with Crippen LogP contribution in [0.25, 0.3) is 5.69 Å². The van der Waals surface area contributed by atoms with Crippen LogP contribution in [0.1, 0.15) is 45.8 Å². The number of methoxy groups -OCH3 is 1. The van der Waals surface area contributed by atoms with Gasteiger partial charge in [-0.1, -0.05) is 0 Å². The van der Waals surface area contributed by atoms with E-state index in [9.17, 15) is 14.4 Å². The third-order valence-corrected chi connectivity index (χ3v) is 6.57. The van der Waals surface area contributed by atoms with E-state index in [4.69, 9.17) is 4.74 Å². The zero-order valence-corrected chi connectivity index (χ0v) is 19.8. The number of rotatable bonds is 5. The summed E-state index contributed by atoms with van der Waals surface area (Å²) in [6.07, 6.45) is 2.98. The molecule has 1 fully saturated rings. The van der Waals surface area contributed by atoms with E-state index in [1.54, 1.807) is 48.2 Å². The fourth-order valence-electron chi connectivity index (χ4n) is 4.71. The maximum atomic E-state index is 13.7. The second-order valence-electron chi connectivity index (χ2n) is 8.59. The van der Waals surface area contributed by atoms with Gasteiger partial charge in [-0.3, -0.25) is 14.4 Å². The smallest absolute Gasteiger partial charge is 0.277 e. The Bertz CT molecular complexity index is 1280. The highest BCUT2D eigenvalue weighted by Crippen LogP contribution is 2.31. The van der Waals surface area contributed by atoms with Crippen molar-refractivity contribution >= 4 is 29.1 Å². The van der Waals surface area contributed by atoms with Gasteiger partial charge in [0.2, 0.25) is 5.91 Å². The quantitative estimate of drug-likeness (QED) is 0.615. The van der Waals surface area contributed by atoms with Gasteiger partial charge < -0.3 is 19.9 Å². The van der Waals surface area contributed by atoms with E-state index in [1.807, 2.05) is 24.3 Å². The Morgan fingerprint density at radius 1 is 0.886 bits per heavy atom. The van der Waals surface area contributed by atoms with Crippen LogP contribution in [0.15, 0.2) is 48.5 Å². The number of piperidine rings is 1. The number of hydrogen-bond acceptors (Lipinski definition) is 5. The first-order valence-corrected chi connectivity index (χ1v) is 11.7. The second-order valence-corrected chi connectivity index (χ2v) is 8.59. The molecule has 0 unspecified atom stereocenters. The molecule has 3 aromatic rings. The number of anilines is 2. The number of nitrogens with one attached hydrogen (secondary N) is 1. The zero-order chi connectivity index (χ0) is 24.5. The molecule has 9 heteroatoms. The number of nitrogens with zero attached hydrogens (tertiary/aromatic N) is 4. The number of benzene rings is 2. The van der Waals surface area contributed by atoms with Crippen LogP contribution in [0.3, 0.4) is 0 Å². The number of carbonyl (C=O) groups excluding carboxylic acids is 3. The third-order valence-electron chi connectivity index (χ3n) is 6.57. The largest absolute Gasteiger partial charge is 0.497 e. The Morgan fingerprint density at radius 3 is 2.17 bits per heavy atom. The van der Waals surface area contributed by atoms with Crippen molar-refractivity contribution < 1.29 is 19.1 Å². The maximum absolute atomic E-state index is 13.7. The van der Waals surface area contributed by atoms with Gasteiger partial charge in [0, 0.05) is 43.5 Å². The van der Waals surface area contributed by atoms with E-state index >= 15 is 0 Å². The lowest BCUT2D eigenvalue weighted by Crippen LogP contribution is -2.39. The molecule has 9 nitrogen and oxygen atoms in total. The summed E-state index contributed by atoms with van der Waals surface area (Å²) < 4.78 is 6.78. The summed E-state index contributed by atoms with van der Waals surface area (Å²) in [5, 5.41) is 7.14. The normalized spacial score (nSPS) is 15.7. The van der Waals surface area contributed by atoms with Crippen molar-refractivity contribution in [1.82, 2.24) is 15.1 Å². The molecule has 2 aromatic carbocycles. The van der Waals surface area contributed by atoms with Crippen molar-refractivity contribution in [3.63, 3.8) is 0 Å². The third kappa shape index (κ3) is 4.03. The molecule has 3 heterocycles. The van der Waals surface area contributed by atoms with Gasteiger partial charge in [-0.25, -0.2) is 4.68 Å². The van der Waals surface area contributed by atoms with Crippen molar-refractivity contribution in [2.45, 2.75) is 25.7 Å². The highest BCUT2D eigenvalue weighted by molar-refractivity contribution is 6.09. The minimum Gasteiger partial charge on any atom is -0.497 e. The summed E-state index contributed by atoms with van der Waals surface area (Å²) in [5.74, 6) is 0.256. The minimum atomic E-state index is -0.328. The SMILES string of the molecule is CNC(=O)c1nn(-c2ccc(OC)cc2)c2c1CCN(c1ccc(N3CCCCC3=O)cc1)C2=O. The molecule has 1 saturated heterocycles. The highest BCUT2D eigenvalue weighted by atomic mass is 16.5. The van der Waals surface area contributed by atoms with Crippen molar-refractivity contribution in [3.05, 3.63) is 65.5 Å². The monoisotopic (exact) mass is 473 g/mol. The summed E-state index contributed by atoms with van der Waals surface area (Å²) in [6, 6.07) is 14.7. The molecule has 0 saturated carbocycles. The Morgan fingerprint density at radius 2 is 1.54 bits per heavy atom. The van der Waals surface area contributed by atoms with Crippen molar-refractivity contribution in [3.8, 4) is 11.4 Å². The number of hydrogen-bond donors (Lipinski definition) is 1. The maximum Gasteiger partial charge on any atom is 0.277 e. The lowest BCUT2D eigenvalue weighted by Gasteiger charge is -2.29. The molecular formula is C26H27N5O4. The Balaban J connectivity index is 1.50. The molecular weight excluding hydrogens is 446 g/mol. The molecule has 3 amide bonds. The fraction of sp³-hybridized carbons (Fsp3) is 0.308. The van der Waals surface area contributed by atoms with Gasteiger partial charge in [-0.15, -0.1) is 0 Å².